The SMILES string of the molecule is CN(C)c1ccccc1NC(=O)c1cn(CCN)cn1. The molecular weight excluding hydrogens is 254 g/mol. The molecule has 1 aromatic carbocycles. The summed E-state index contributed by atoms with van der Waals surface area (Å²) in [6.07, 6.45) is 3.31. The Hall–Kier alpha value is -2.34. The van der Waals surface area contributed by atoms with E-state index < -0.39 is 0 Å². The van der Waals surface area contributed by atoms with Gasteiger partial charge in [0.1, 0.15) is 5.69 Å². The van der Waals surface area contributed by atoms with Crippen molar-refractivity contribution in [3.63, 3.8) is 0 Å². The Labute approximate surface area is 118 Å². The monoisotopic (exact) mass is 273 g/mol. The molecule has 0 bridgehead atoms. The number of benzene rings is 1. The van der Waals surface area contributed by atoms with E-state index >= 15 is 0 Å². The largest absolute Gasteiger partial charge is 0.376 e. The molecule has 0 aliphatic rings. The van der Waals surface area contributed by atoms with E-state index in [9.17, 15) is 4.79 Å². The first-order valence-corrected chi connectivity index (χ1v) is 6.41. The Balaban J connectivity index is 2.15. The number of hydrogen-bond acceptors (Lipinski definition) is 4. The summed E-state index contributed by atoms with van der Waals surface area (Å²) in [5, 5.41) is 2.88. The van der Waals surface area contributed by atoms with E-state index in [0.717, 1.165) is 11.4 Å². The fourth-order valence-corrected chi connectivity index (χ4v) is 1.90. The highest BCUT2D eigenvalue weighted by atomic mass is 16.1. The van der Waals surface area contributed by atoms with Crippen LogP contribution < -0.4 is 16.0 Å². The van der Waals surface area contributed by atoms with Crippen LogP contribution in [0, 0.1) is 0 Å². The van der Waals surface area contributed by atoms with Crippen LogP contribution in [0.4, 0.5) is 11.4 Å². The van der Waals surface area contributed by atoms with Crippen molar-refractivity contribution in [1.29, 1.82) is 0 Å². The molecule has 20 heavy (non-hydrogen) atoms. The van der Waals surface area contributed by atoms with Gasteiger partial charge in [-0.25, -0.2) is 4.98 Å². The number of anilines is 2. The van der Waals surface area contributed by atoms with Crippen LogP contribution >= 0.6 is 0 Å². The summed E-state index contributed by atoms with van der Waals surface area (Å²) in [7, 11) is 3.86. The second-order valence-corrected chi connectivity index (χ2v) is 4.65. The van der Waals surface area contributed by atoms with Crippen LogP contribution in [-0.4, -0.2) is 36.1 Å². The van der Waals surface area contributed by atoms with Gasteiger partial charge in [0.2, 0.25) is 0 Å². The zero-order chi connectivity index (χ0) is 14.5. The number of imidazole rings is 1. The lowest BCUT2D eigenvalue weighted by atomic mass is 10.2. The lowest BCUT2D eigenvalue weighted by Gasteiger charge is -2.17. The van der Waals surface area contributed by atoms with Crippen molar-refractivity contribution < 1.29 is 4.79 Å². The summed E-state index contributed by atoms with van der Waals surface area (Å²) < 4.78 is 1.80. The number of nitrogens with zero attached hydrogens (tertiary/aromatic N) is 3. The van der Waals surface area contributed by atoms with Crippen LogP contribution in [0.5, 0.6) is 0 Å². The van der Waals surface area contributed by atoms with Gasteiger partial charge in [-0.1, -0.05) is 12.1 Å². The molecule has 0 aliphatic carbocycles. The maximum absolute atomic E-state index is 12.2. The van der Waals surface area contributed by atoms with E-state index in [0.29, 0.717) is 18.8 Å². The number of carbonyl (C=O) groups is 1. The molecule has 3 N–H and O–H groups in total. The Morgan fingerprint density at radius 2 is 2.15 bits per heavy atom. The Bertz CT molecular complexity index is 591. The Morgan fingerprint density at radius 3 is 2.85 bits per heavy atom. The third kappa shape index (κ3) is 3.16. The van der Waals surface area contributed by atoms with Gasteiger partial charge in [0, 0.05) is 33.4 Å². The van der Waals surface area contributed by atoms with Crippen molar-refractivity contribution in [2.75, 3.05) is 30.9 Å². The van der Waals surface area contributed by atoms with Gasteiger partial charge in [-0.15, -0.1) is 0 Å². The second-order valence-electron chi connectivity index (χ2n) is 4.65. The highest BCUT2D eigenvalue weighted by Gasteiger charge is 2.12. The molecule has 0 saturated carbocycles. The standard InChI is InChI=1S/C14H19N5O/c1-18(2)13-6-4-3-5-11(13)17-14(20)12-9-19(8-7-15)10-16-12/h3-6,9-10H,7-8,15H2,1-2H3,(H,17,20). The minimum atomic E-state index is -0.227. The van der Waals surface area contributed by atoms with Gasteiger partial charge in [-0.2, -0.15) is 0 Å². The van der Waals surface area contributed by atoms with Gasteiger partial charge in [0.25, 0.3) is 5.91 Å². The molecule has 106 valence electrons. The number of para-hydroxylation sites is 2. The number of aromatic nitrogens is 2. The molecule has 0 saturated heterocycles. The average molecular weight is 273 g/mol. The third-order valence-electron chi connectivity index (χ3n) is 2.89. The van der Waals surface area contributed by atoms with Crippen LogP contribution in [0.25, 0.3) is 0 Å². The van der Waals surface area contributed by atoms with Crippen molar-refractivity contribution in [2.24, 2.45) is 5.73 Å². The number of hydrogen-bond donors (Lipinski definition) is 2. The number of amides is 1. The maximum atomic E-state index is 12.2. The van der Waals surface area contributed by atoms with Gasteiger partial charge in [-0.3, -0.25) is 4.79 Å². The Kier molecular flexibility index (Phi) is 4.37. The van der Waals surface area contributed by atoms with Crippen LogP contribution in [0.2, 0.25) is 0 Å². The molecule has 0 aliphatic heterocycles. The zero-order valence-electron chi connectivity index (χ0n) is 11.7. The summed E-state index contributed by atoms with van der Waals surface area (Å²) in [5.41, 5.74) is 7.56. The van der Waals surface area contributed by atoms with Crippen LogP contribution in [-0.2, 0) is 6.54 Å². The fourth-order valence-electron chi connectivity index (χ4n) is 1.90. The molecule has 1 amide bonds. The number of nitrogens with two attached hydrogens (primary N) is 1. The lowest BCUT2D eigenvalue weighted by molar-refractivity contribution is 0.102. The molecule has 0 atom stereocenters. The summed E-state index contributed by atoms with van der Waals surface area (Å²) in [6.45, 7) is 1.16. The molecule has 2 aromatic rings. The van der Waals surface area contributed by atoms with Gasteiger partial charge in [0.15, 0.2) is 0 Å². The van der Waals surface area contributed by atoms with E-state index in [-0.39, 0.29) is 5.91 Å². The molecule has 0 unspecified atom stereocenters. The predicted octanol–water partition coefficient (Wildman–Crippen LogP) is 1.16. The molecule has 0 fully saturated rings. The molecule has 6 nitrogen and oxygen atoms in total. The summed E-state index contributed by atoms with van der Waals surface area (Å²) in [6, 6.07) is 7.63. The van der Waals surface area contributed by atoms with Crippen LogP contribution in [0.3, 0.4) is 0 Å². The van der Waals surface area contributed by atoms with Gasteiger partial charge in [-0.05, 0) is 12.1 Å². The van der Waals surface area contributed by atoms with E-state index in [1.807, 2.05) is 43.3 Å². The summed E-state index contributed by atoms with van der Waals surface area (Å²) in [5.74, 6) is -0.227. The second kappa shape index (κ2) is 6.21. The van der Waals surface area contributed by atoms with E-state index in [1.165, 1.54) is 0 Å². The number of nitrogens with one attached hydrogen (secondary N) is 1. The first-order valence-electron chi connectivity index (χ1n) is 6.41. The third-order valence-corrected chi connectivity index (χ3v) is 2.89. The molecular formula is C14H19N5O. The first kappa shape index (κ1) is 14.1. The maximum Gasteiger partial charge on any atom is 0.275 e. The molecule has 0 radical (unpaired) electrons. The predicted molar refractivity (Wildman–Crippen MR) is 80.0 cm³/mol. The number of carbonyl (C=O) groups excluding carboxylic acids is 1. The van der Waals surface area contributed by atoms with Crippen molar-refractivity contribution in [1.82, 2.24) is 9.55 Å². The molecule has 6 heteroatoms. The van der Waals surface area contributed by atoms with Gasteiger partial charge >= 0.3 is 0 Å². The lowest BCUT2D eigenvalue weighted by Crippen LogP contribution is -2.17. The van der Waals surface area contributed by atoms with E-state index in [2.05, 4.69) is 10.3 Å². The average Bonchev–Trinajstić information content (AvgIpc) is 2.88. The molecule has 0 spiro atoms. The highest BCUT2D eigenvalue weighted by molar-refractivity contribution is 6.04. The zero-order valence-corrected chi connectivity index (χ0v) is 11.7. The smallest absolute Gasteiger partial charge is 0.275 e. The van der Waals surface area contributed by atoms with E-state index in [4.69, 9.17) is 5.73 Å². The fraction of sp³-hybridized carbons (Fsp3) is 0.286. The van der Waals surface area contributed by atoms with E-state index in [1.54, 1.807) is 17.1 Å². The molecule has 2 rings (SSSR count). The minimum absolute atomic E-state index is 0.227. The summed E-state index contributed by atoms with van der Waals surface area (Å²) >= 11 is 0. The Morgan fingerprint density at radius 1 is 1.40 bits per heavy atom. The van der Waals surface area contributed by atoms with Crippen molar-refractivity contribution in [3.8, 4) is 0 Å². The first-order chi connectivity index (χ1) is 9.61. The topological polar surface area (TPSA) is 76.2 Å². The van der Waals surface area contributed by atoms with Crippen LogP contribution in [0.1, 0.15) is 10.5 Å². The highest BCUT2D eigenvalue weighted by Crippen LogP contribution is 2.23. The van der Waals surface area contributed by atoms with Gasteiger partial charge in [0.05, 0.1) is 17.7 Å². The molecule has 1 aromatic heterocycles. The van der Waals surface area contributed by atoms with Gasteiger partial charge < -0.3 is 20.5 Å². The van der Waals surface area contributed by atoms with Crippen molar-refractivity contribution in [3.05, 3.63) is 42.5 Å². The minimum Gasteiger partial charge on any atom is -0.376 e. The van der Waals surface area contributed by atoms with Crippen LogP contribution in [0.15, 0.2) is 36.8 Å². The van der Waals surface area contributed by atoms with Crippen molar-refractivity contribution >= 4 is 17.3 Å². The summed E-state index contributed by atoms with van der Waals surface area (Å²) in [4.78, 5) is 18.2. The van der Waals surface area contributed by atoms with Crippen molar-refractivity contribution in [2.45, 2.75) is 6.54 Å². The number of rotatable bonds is 5. The normalized spacial score (nSPS) is 10.3. The molecule has 1 heterocycles. The quantitative estimate of drug-likeness (QED) is 0.857.